The topological polar surface area (TPSA) is 129 Å². The second-order valence-corrected chi connectivity index (χ2v) is 15.6. The van der Waals surface area contributed by atoms with Crippen molar-refractivity contribution in [3.05, 3.63) is 119 Å². The lowest BCUT2D eigenvalue weighted by Crippen LogP contribution is -2.45. The van der Waals surface area contributed by atoms with E-state index in [-0.39, 0.29) is 30.6 Å². The minimum Gasteiger partial charge on any atom is -0.397 e. The van der Waals surface area contributed by atoms with Crippen molar-refractivity contribution >= 4 is 23.2 Å². The number of rotatable bonds is 16. The molecule has 3 heterocycles. The molecule has 5 N–H and O–H groups in total. The van der Waals surface area contributed by atoms with Gasteiger partial charge in [0.2, 0.25) is 11.8 Å². The predicted octanol–water partition coefficient (Wildman–Crippen LogP) is 7.35. The summed E-state index contributed by atoms with van der Waals surface area (Å²) in [6, 6.07) is 32.5. The first-order valence-electron chi connectivity index (χ1n) is 20.5. The highest BCUT2D eigenvalue weighted by molar-refractivity contribution is 5.93. The molecule has 4 unspecified atom stereocenters. The van der Waals surface area contributed by atoms with Gasteiger partial charge in [-0.1, -0.05) is 78.9 Å². The van der Waals surface area contributed by atoms with E-state index in [1.165, 1.54) is 38.8 Å². The summed E-state index contributed by atoms with van der Waals surface area (Å²) in [5.74, 6) is -0.142. The largest absolute Gasteiger partial charge is 0.397 e. The highest BCUT2D eigenvalue weighted by Gasteiger charge is 2.36. The van der Waals surface area contributed by atoms with Gasteiger partial charge in [0, 0.05) is 50.5 Å². The van der Waals surface area contributed by atoms with E-state index >= 15 is 0 Å². The maximum Gasteiger partial charge on any atom is 0.224 e. The standard InChI is InChI=1S/C46H57N5O5/c47-41-12-1-2-13-42(41)49-45(54)15-4-3-14-44(53)48-29-34-9-7-10-38(27-34)35-20-22-37(23-21-35)46-55-40(28-43(56-46)36-18-16-33(32-52)17-19-36)31-51-26-8-11-39(51)30-50-24-5-6-25-50/h1-2,7,9-10,12-13,16-23,27,39-40,43,46,52H,3-6,8,11,14-15,24-26,28-32,47H2,(H,48,53)(H,49,54). The van der Waals surface area contributed by atoms with E-state index in [0.29, 0.717) is 49.6 Å². The summed E-state index contributed by atoms with van der Waals surface area (Å²) in [6.07, 6.45) is 7.25. The number of para-hydroxylation sites is 2. The number of anilines is 2. The lowest BCUT2D eigenvalue weighted by Gasteiger charge is -2.39. The first-order valence-corrected chi connectivity index (χ1v) is 20.5. The second kappa shape index (κ2) is 19.5. The van der Waals surface area contributed by atoms with Crippen LogP contribution in [-0.2, 0) is 32.2 Å². The maximum atomic E-state index is 12.6. The molecule has 10 heteroatoms. The molecule has 296 valence electrons. The molecular formula is C46H57N5O5. The molecule has 0 aliphatic carbocycles. The third kappa shape index (κ3) is 10.8. The lowest BCUT2D eigenvalue weighted by molar-refractivity contribution is -0.253. The second-order valence-electron chi connectivity index (χ2n) is 15.6. The normalized spacial score (nSPS) is 21.6. The number of hydrogen-bond donors (Lipinski definition) is 4. The zero-order valence-corrected chi connectivity index (χ0v) is 32.4. The number of aliphatic hydroxyl groups excluding tert-OH is 1. The fraction of sp³-hybridized carbons (Fsp3) is 0.435. The number of unbranched alkanes of at least 4 members (excludes halogenated alkanes) is 1. The van der Waals surface area contributed by atoms with E-state index in [1.54, 1.807) is 12.1 Å². The van der Waals surface area contributed by atoms with Gasteiger partial charge < -0.3 is 35.8 Å². The van der Waals surface area contributed by atoms with Crippen LogP contribution >= 0.6 is 0 Å². The van der Waals surface area contributed by atoms with Crippen LogP contribution in [0.3, 0.4) is 0 Å². The Balaban J connectivity index is 0.933. The van der Waals surface area contributed by atoms with E-state index < -0.39 is 6.29 Å². The van der Waals surface area contributed by atoms with Crippen molar-refractivity contribution < 1.29 is 24.2 Å². The molecule has 4 aromatic carbocycles. The van der Waals surface area contributed by atoms with Crippen LogP contribution in [0.25, 0.3) is 11.1 Å². The highest BCUT2D eigenvalue weighted by Crippen LogP contribution is 2.39. The molecule has 0 bridgehead atoms. The minimum atomic E-state index is -0.497. The van der Waals surface area contributed by atoms with Crippen molar-refractivity contribution in [1.29, 1.82) is 0 Å². The number of nitrogens with zero attached hydrogens (tertiary/aromatic N) is 2. The third-order valence-electron chi connectivity index (χ3n) is 11.4. The fourth-order valence-electron chi connectivity index (χ4n) is 8.28. The zero-order chi connectivity index (χ0) is 38.7. The smallest absolute Gasteiger partial charge is 0.224 e. The first-order chi connectivity index (χ1) is 27.4. The summed E-state index contributed by atoms with van der Waals surface area (Å²) in [7, 11) is 0. The van der Waals surface area contributed by atoms with Crippen molar-refractivity contribution in [3.63, 3.8) is 0 Å². The molecule has 3 fully saturated rings. The Hall–Kier alpha value is -4.58. The fourth-order valence-corrected chi connectivity index (χ4v) is 8.28. The number of nitrogens with two attached hydrogens (primary N) is 1. The molecule has 2 amide bonds. The van der Waals surface area contributed by atoms with Crippen LogP contribution in [0, 0.1) is 0 Å². The quantitative estimate of drug-likeness (QED) is 0.0690. The van der Waals surface area contributed by atoms with Gasteiger partial charge in [0.25, 0.3) is 0 Å². The monoisotopic (exact) mass is 759 g/mol. The molecule has 0 spiro atoms. The van der Waals surface area contributed by atoms with Crippen LogP contribution in [0.4, 0.5) is 11.4 Å². The van der Waals surface area contributed by atoms with Gasteiger partial charge in [-0.25, -0.2) is 0 Å². The highest BCUT2D eigenvalue weighted by atomic mass is 16.7. The van der Waals surface area contributed by atoms with Crippen molar-refractivity contribution in [2.75, 3.05) is 43.8 Å². The number of carbonyl (C=O) groups excluding carboxylic acids is 2. The third-order valence-corrected chi connectivity index (χ3v) is 11.4. The van der Waals surface area contributed by atoms with E-state index in [9.17, 15) is 14.7 Å². The molecule has 3 aliphatic heterocycles. The average molecular weight is 760 g/mol. The van der Waals surface area contributed by atoms with Crippen molar-refractivity contribution in [3.8, 4) is 11.1 Å². The molecule has 0 radical (unpaired) electrons. The van der Waals surface area contributed by atoms with E-state index in [2.05, 4.69) is 69.0 Å². The van der Waals surface area contributed by atoms with Gasteiger partial charge in [-0.3, -0.25) is 14.5 Å². The molecule has 10 nitrogen and oxygen atoms in total. The molecule has 3 aliphatic rings. The number of likely N-dealkylation sites (tertiary alicyclic amines) is 2. The molecule has 7 rings (SSSR count). The van der Waals surface area contributed by atoms with Gasteiger partial charge in [-0.05, 0) is 104 Å². The number of aliphatic hydroxyl groups is 1. The van der Waals surface area contributed by atoms with Crippen LogP contribution in [0.15, 0.2) is 97.1 Å². The molecule has 4 atom stereocenters. The molecule has 56 heavy (non-hydrogen) atoms. The van der Waals surface area contributed by atoms with Crippen LogP contribution in [0.2, 0.25) is 0 Å². The Labute approximate surface area is 331 Å². The average Bonchev–Trinajstić information content (AvgIpc) is 3.92. The number of hydrogen-bond acceptors (Lipinski definition) is 8. The van der Waals surface area contributed by atoms with Gasteiger partial charge in [0.15, 0.2) is 6.29 Å². The SMILES string of the molecule is Nc1ccccc1NC(=O)CCCCC(=O)NCc1cccc(-c2ccc(C3OC(CN4CCCC4CN4CCCC4)CC(c4ccc(CO)cc4)O3)cc2)c1. The molecule has 4 aromatic rings. The van der Waals surface area contributed by atoms with Gasteiger partial charge in [0.1, 0.15) is 0 Å². The lowest BCUT2D eigenvalue weighted by atomic mass is 9.98. The van der Waals surface area contributed by atoms with Crippen molar-refractivity contribution in [2.24, 2.45) is 0 Å². The molecule has 0 saturated carbocycles. The number of amides is 2. The minimum absolute atomic E-state index is 0.0208. The number of carbonyl (C=O) groups is 2. The van der Waals surface area contributed by atoms with Crippen LogP contribution in [0.5, 0.6) is 0 Å². The van der Waals surface area contributed by atoms with E-state index in [1.807, 2.05) is 36.4 Å². The zero-order valence-electron chi connectivity index (χ0n) is 32.4. The van der Waals surface area contributed by atoms with Crippen LogP contribution in [0.1, 0.15) is 92.4 Å². The number of nitrogen functional groups attached to an aromatic ring is 1. The summed E-state index contributed by atoms with van der Waals surface area (Å²) in [4.78, 5) is 30.2. The molecular weight excluding hydrogens is 703 g/mol. The Morgan fingerprint density at radius 1 is 0.750 bits per heavy atom. The Morgan fingerprint density at radius 3 is 2.27 bits per heavy atom. The molecule has 3 saturated heterocycles. The summed E-state index contributed by atoms with van der Waals surface area (Å²) in [5, 5.41) is 15.5. The van der Waals surface area contributed by atoms with Gasteiger partial charge in [0.05, 0.1) is 30.2 Å². The van der Waals surface area contributed by atoms with Crippen molar-refractivity contribution in [2.45, 2.75) is 95.5 Å². The Kier molecular flexibility index (Phi) is 13.8. The summed E-state index contributed by atoms with van der Waals surface area (Å²) < 4.78 is 13.4. The Morgan fingerprint density at radius 2 is 1.50 bits per heavy atom. The van der Waals surface area contributed by atoms with Crippen LogP contribution in [-0.4, -0.2) is 71.6 Å². The predicted molar refractivity (Wildman–Crippen MR) is 220 cm³/mol. The first kappa shape index (κ1) is 39.6. The van der Waals surface area contributed by atoms with Gasteiger partial charge in [-0.15, -0.1) is 0 Å². The van der Waals surface area contributed by atoms with Crippen LogP contribution < -0.4 is 16.4 Å². The maximum absolute atomic E-state index is 12.6. The number of ether oxygens (including phenoxy) is 2. The summed E-state index contributed by atoms with van der Waals surface area (Å²) in [5.41, 5.74) is 13.2. The van der Waals surface area contributed by atoms with Crippen molar-refractivity contribution in [1.82, 2.24) is 15.1 Å². The summed E-state index contributed by atoms with van der Waals surface area (Å²) >= 11 is 0. The Bertz CT molecular complexity index is 1880. The van der Waals surface area contributed by atoms with E-state index in [4.69, 9.17) is 15.2 Å². The van der Waals surface area contributed by atoms with Gasteiger partial charge >= 0.3 is 0 Å². The van der Waals surface area contributed by atoms with E-state index in [0.717, 1.165) is 59.4 Å². The molecule has 0 aromatic heterocycles. The number of nitrogens with one attached hydrogen (secondary N) is 2. The van der Waals surface area contributed by atoms with Gasteiger partial charge in [-0.2, -0.15) is 0 Å². The number of benzene rings is 4. The summed E-state index contributed by atoms with van der Waals surface area (Å²) in [6.45, 7) is 6.06.